The van der Waals surface area contributed by atoms with Gasteiger partial charge in [-0.2, -0.15) is 0 Å². The Morgan fingerprint density at radius 2 is 1.08 bits per heavy atom. The molecule has 6 rings (SSSR count). The lowest BCUT2D eigenvalue weighted by Crippen LogP contribution is -2.01. The van der Waals surface area contributed by atoms with Crippen LogP contribution in [0.1, 0.15) is 166 Å². The molecule has 0 saturated heterocycles. The van der Waals surface area contributed by atoms with Gasteiger partial charge in [-0.1, -0.05) is 216 Å². The highest BCUT2D eigenvalue weighted by atomic mass is 19.1. The quantitative estimate of drug-likeness (QED) is 0.115. The van der Waals surface area contributed by atoms with E-state index in [2.05, 4.69) is 165 Å². The topological polar surface area (TPSA) is 0 Å². The third kappa shape index (κ3) is 13.4. The van der Waals surface area contributed by atoms with Crippen LogP contribution >= 0.6 is 0 Å². The average molecular weight is 793 g/mol. The fourth-order valence-electron chi connectivity index (χ4n) is 7.72. The van der Waals surface area contributed by atoms with E-state index in [0.717, 1.165) is 37.7 Å². The van der Waals surface area contributed by atoms with E-state index in [-0.39, 0.29) is 0 Å². The number of rotatable bonds is 11. The number of hydrogen-bond acceptors (Lipinski definition) is 0. The molecule has 0 aliphatic heterocycles. The molecule has 0 spiro atoms. The molecule has 0 radical (unpaired) electrons. The van der Waals surface area contributed by atoms with Gasteiger partial charge in [0.15, 0.2) is 0 Å². The van der Waals surface area contributed by atoms with E-state index in [1.807, 2.05) is 52.0 Å². The molecule has 0 saturated carbocycles. The normalized spacial score (nSPS) is 11.8. The van der Waals surface area contributed by atoms with Crippen molar-refractivity contribution in [3.63, 3.8) is 0 Å². The number of fused-ring (bicyclic) bond motifs is 1. The molecule has 0 heterocycles. The largest absolute Gasteiger partial charge is 0.243 e. The second-order valence-electron chi connectivity index (χ2n) is 14.9. The first-order valence-corrected chi connectivity index (χ1v) is 22.9. The molecule has 0 N–H and O–H groups in total. The van der Waals surface area contributed by atoms with E-state index in [0.29, 0.717) is 5.92 Å². The van der Waals surface area contributed by atoms with Crippen LogP contribution in [-0.4, -0.2) is 0 Å². The molecule has 59 heavy (non-hydrogen) atoms. The van der Waals surface area contributed by atoms with E-state index < -0.39 is 6.17 Å². The zero-order valence-corrected chi connectivity index (χ0v) is 39.4. The summed E-state index contributed by atoms with van der Waals surface area (Å²) < 4.78 is 12.8. The summed E-state index contributed by atoms with van der Waals surface area (Å²) in [7, 11) is 0. The van der Waals surface area contributed by atoms with Crippen LogP contribution in [0.2, 0.25) is 0 Å². The van der Waals surface area contributed by atoms with Gasteiger partial charge in [-0.15, -0.1) is 0 Å². The van der Waals surface area contributed by atoms with E-state index in [9.17, 15) is 4.39 Å². The van der Waals surface area contributed by atoms with Gasteiger partial charge >= 0.3 is 0 Å². The Bertz CT molecular complexity index is 2110. The maximum atomic E-state index is 12.8. The van der Waals surface area contributed by atoms with Gasteiger partial charge < -0.3 is 0 Å². The van der Waals surface area contributed by atoms with Crippen LogP contribution in [0.15, 0.2) is 127 Å². The van der Waals surface area contributed by atoms with Gasteiger partial charge in [0.25, 0.3) is 0 Å². The van der Waals surface area contributed by atoms with Crippen LogP contribution in [0.5, 0.6) is 0 Å². The van der Waals surface area contributed by atoms with Crippen LogP contribution in [0.4, 0.5) is 4.39 Å². The van der Waals surface area contributed by atoms with E-state index in [1.165, 1.54) is 84.0 Å². The molecule has 6 aromatic rings. The molecule has 0 aliphatic rings. The van der Waals surface area contributed by atoms with Crippen molar-refractivity contribution < 1.29 is 4.39 Å². The molecule has 0 aliphatic carbocycles. The summed E-state index contributed by atoms with van der Waals surface area (Å²) >= 11 is 0. The van der Waals surface area contributed by atoms with Gasteiger partial charge in [-0.25, -0.2) is 4.39 Å². The highest BCUT2D eigenvalue weighted by Crippen LogP contribution is 2.43. The summed E-state index contributed by atoms with van der Waals surface area (Å²) in [5, 5.41) is 2.64. The Balaban J connectivity index is 0.000000501. The van der Waals surface area contributed by atoms with Gasteiger partial charge in [-0.3, -0.25) is 0 Å². The van der Waals surface area contributed by atoms with Crippen LogP contribution in [0, 0.1) is 13.8 Å². The van der Waals surface area contributed by atoms with Crippen molar-refractivity contribution in [1.82, 2.24) is 0 Å². The molecule has 0 nitrogen and oxygen atoms in total. The molecule has 2 atom stereocenters. The van der Waals surface area contributed by atoms with Gasteiger partial charge in [0, 0.05) is 0 Å². The third-order valence-electron chi connectivity index (χ3n) is 10.8. The van der Waals surface area contributed by atoms with Crippen molar-refractivity contribution >= 4 is 21.9 Å². The molecular formula is C58H77F. The van der Waals surface area contributed by atoms with E-state index in [4.69, 9.17) is 0 Å². The van der Waals surface area contributed by atoms with Crippen LogP contribution in [-0.2, 0) is 6.42 Å². The number of hydrogen-bond donors (Lipinski definition) is 0. The lowest BCUT2D eigenvalue weighted by molar-refractivity contribution is 0.374. The van der Waals surface area contributed by atoms with Crippen LogP contribution < -0.4 is 0 Å². The van der Waals surface area contributed by atoms with Crippen molar-refractivity contribution in [2.24, 2.45) is 0 Å². The number of allylic oxidation sites excluding steroid dienone is 2. The SMILES string of the molecule is CC.CC.CCC.CCC(C)c1ccc(C(C)F)cc1.CCC/C(=C(/CC)c1ccccc1)c1c(C)cccc1-c1cccc(-c2ccc3ccccc3c2C)c1CC. The smallest absolute Gasteiger partial charge is 0.122 e. The summed E-state index contributed by atoms with van der Waals surface area (Å²) in [6, 6.07) is 45.9. The fraction of sp³-hybridized carbons (Fsp3) is 0.379. The second kappa shape index (κ2) is 27.1. The summed E-state index contributed by atoms with van der Waals surface area (Å²) in [4.78, 5) is 0. The minimum atomic E-state index is -0.856. The first-order valence-electron chi connectivity index (χ1n) is 22.9. The lowest BCUT2D eigenvalue weighted by Gasteiger charge is -2.23. The minimum absolute atomic E-state index is 0.573. The third-order valence-corrected chi connectivity index (χ3v) is 10.8. The number of aryl methyl sites for hydroxylation is 2. The van der Waals surface area contributed by atoms with Crippen LogP contribution in [0.25, 0.3) is 44.2 Å². The predicted octanol–water partition coefficient (Wildman–Crippen LogP) is 19.2. The van der Waals surface area contributed by atoms with Gasteiger partial charge in [0.1, 0.15) is 6.17 Å². The average Bonchev–Trinajstić information content (AvgIpc) is 3.28. The molecule has 0 bridgehead atoms. The van der Waals surface area contributed by atoms with Crippen molar-refractivity contribution in [1.29, 1.82) is 0 Å². The fourth-order valence-corrected chi connectivity index (χ4v) is 7.72. The number of halogens is 1. The molecular weight excluding hydrogens is 716 g/mol. The van der Waals surface area contributed by atoms with Crippen molar-refractivity contribution in [3.8, 4) is 22.3 Å². The van der Waals surface area contributed by atoms with Gasteiger partial charge in [-0.05, 0) is 135 Å². The monoisotopic (exact) mass is 793 g/mol. The Morgan fingerprint density at radius 3 is 1.64 bits per heavy atom. The molecule has 0 amide bonds. The zero-order chi connectivity index (χ0) is 43.9. The van der Waals surface area contributed by atoms with Crippen molar-refractivity contribution in [3.05, 3.63) is 166 Å². The zero-order valence-electron chi connectivity index (χ0n) is 39.4. The van der Waals surface area contributed by atoms with Crippen molar-refractivity contribution in [2.75, 3.05) is 0 Å². The predicted molar refractivity (Wildman–Crippen MR) is 265 cm³/mol. The summed E-state index contributed by atoms with van der Waals surface area (Å²) in [6.07, 6.45) is 5.72. The minimum Gasteiger partial charge on any atom is -0.243 e. The molecule has 316 valence electrons. The highest BCUT2D eigenvalue weighted by Gasteiger charge is 2.20. The number of alkyl halides is 1. The maximum Gasteiger partial charge on any atom is 0.122 e. The summed E-state index contributed by atoms with van der Waals surface area (Å²) in [6.45, 7) is 29.6. The van der Waals surface area contributed by atoms with Crippen LogP contribution in [0.3, 0.4) is 0 Å². The van der Waals surface area contributed by atoms with Gasteiger partial charge in [0.05, 0.1) is 0 Å². The first kappa shape index (κ1) is 50.4. The van der Waals surface area contributed by atoms with E-state index in [1.54, 1.807) is 6.92 Å². The number of benzene rings is 6. The Hall–Kier alpha value is -4.75. The molecule has 0 aromatic heterocycles. The second-order valence-corrected chi connectivity index (χ2v) is 14.9. The Morgan fingerprint density at radius 1 is 0.542 bits per heavy atom. The summed E-state index contributed by atoms with van der Waals surface area (Å²) in [5.74, 6) is 0.573. The first-order chi connectivity index (χ1) is 28.6. The van der Waals surface area contributed by atoms with Crippen molar-refractivity contribution in [2.45, 2.75) is 148 Å². The maximum absolute atomic E-state index is 12.8. The van der Waals surface area contributed by atoms with Gasteiger partial charge in [0.2, 0.25) is 0 Å². The molecule has 6 aromatic carbocycles. The molecule has 0 fully saturated rings. The Labute approximate surface area is 361 Å². The lowest BCUT2D eigenvalue weighted by atomic mass is 9.81. The Kier molecular flexibility index (Phi) is 23.1. The molecule has 1 heteroatoms. The summed E-state index contributed by atoms with van der Waals surface area (Å²) in [5.41, 5.74) is 17.3. The van der Waals surface area contributed by atoms with E-state index >= 15 is 0 Å². The molecule has 2 unspecified atom stereocenters. The standard InChI is InChI=1S/C39H40.C12H17F.C3H8.2C2H6/c1-6-16-37(31(7-2)29-18-10-9-11-19-29)39-27(4)17-14-24-38(39)36-23-15-22-35(32(36)8-3)34-26-25-30-20-12-13-21-33(30)28(34)5;1-4-9(2)11-5-7-12(8-6-11)10(3)13;1-3-2;2*1-2/h9-15,17-26H,6-8,16H2,1-5H3;5-10H,4H2,1-3H3;3H2,1-2H3;2*1-2H3/b37-31+;;;;. The highest BCUT2D eigenvalue weighted by molar-refractivity contribution is 5.98.